The highest BCUT2D eigenvalue weighted by Crippen LogP contribution is 2.18. The number of nitrogens with one attached hydrogen (secondary N) is 1. The molecule has 3 rings (SSSR count). The van der Waals surface area contributed by atoms with Gasteiger partial charge in [-0.1, -0.05) is 23.7 Å². The Morgan fingerprint density at radius 1 is 1.24 bits per heavy atom. The lowest BCUT2D eigenvalue weighted by molar-refractivity contribution is 0.0955. The Labute approximate surface area is 151 Å². The molecular weight excluding hydrogens is 336 g/mol. The molecule has 5 nitrogen and oxygen atoms in total. The fourth-order valence-electron chi connectivity index (χ4n) is 2.77. The van der Waals surface area contributed by atoms with E-state index in [-0.39, 0.29) is 5.91 Å². The number of rotatable bonds is 4. The van der Waals surface area contributed by atoms with Crippen molar-refractivity contribution in [2.75, 3.05) is 0 Å². The van der Waals surface area contributed by atoms with Crippen LogP contribution in [0, 0.1) is 6.92 Å². The van der Waals surface area contributed by atoms with Gasteiger partial charge in [-0.2, -0.15) is 5.10 Å². The van der Waals surface area contributed by atoms with Crippen LogP contribution in [0.4, 0.5) is 0 Å². The standard InChI is InChI=1S/C19H19ClN4O/c1-4-24-13(3)21-17-11-15(8-9-18(17)24)19(25)23-22-12(2)14-6-5-7-16(20)10-14/h5-11H,4H2,1-3H3,(H,23,25)/b22-12-. The van der Waals surface area contributed by atoms with E-state index >= 15 is 0 Å². The van der Waals surface area contributed by atoms with Crippen LogP contribution < -0.4 is 5.43 Å². The summed E-state index contributed by atoms with van der Waals surface area (Å²) in [5.41, 5.74) is 6.49. The average molecular weight is 355 g/mol. The molecule has 1 amide bonds. The number of hydrogen-bond acceptors (Lipinski definition) is 3. The van der Waals surface area contributed by atoms with E-state index in [2.05, 4.69) is 27.0 Å². The summed E-state index contributed by atoms with van der Waals surface area (Å²) in [7, 11) is 0. The molecule has 0 aliphatic heterocycles. The highest BCUT2D eigenvalue weighted by atomic mass is 35.5. The van der Waals surface area contributed by atoms with Crippen LogP contribution in [-0.4, -0.2) is 21.2 Å². The summed E-state index contributed by atoms with van der Waals surface area (Å²) in [5, 5.41) is 4.79. The highest BCUT2D eigenvalue weighted by Gasteiger charge is 2.10. The van der Waals surface area contributed by atoms with Gasteiger partial charge in [-0.3, -0.25) is 4.79 Å². The Morgan fingerprint density at radius 2 is 2.04 bits per heavy atom. The number of amides is 1. The van der Waals surface area contributed by atoms with Gasteiger partial charge in [-0.15, -0.1) is 0 Å². The van der Waals surface area contributed by atoms with Crippen LogP contribution in [0.15, 0.2) is 47.6 Å². The second kappa shape index (κ2) is 7.07. The normalized spacial score (nSPS) is 11.8. The molecule has 0 radical (unpaired) electrons. The third kappa shape index (κ3) is 3.56. The number of aryl methyl sites for hydroxylation is 2. The van der Waals surface area contributed by atoms with Crippen LogP contribution >= 0.6 is 11.6 Å². The van der Waals surface area contributed by atoms with Crippen LogP contribution in [0.2, 0.25) is 5.02 Å². The van der Waals surface area contributed by atoms with Gasteiger partial charge in [-0.25, -0.2) is 10.4 Å². The smallest absolute Gasteiger partial charge is 0.271 e. The van der Waals surface area contributed by atoms with Crippen molar-refractivity contribution < 1.29 is 4.79 Å². The molecule has 0 fully saturated rings. The van der Waals surface area contributed by atoms with Gasteiger partial charge in [0.25, 0.3) is 5.91 Å². The third-order valence-electron chi connectivity index (χ3n) is 4.09. The molecule has 0 aliphatic rings. The minimum absolute atomic E-state index is 0.271. The number of aromatic nitrogens is 2. The van der Waals surface area contributed by atoms with Crippen molar-refractivity contribution in [3.63, 3.8) is 0 Å². The molecule has 6 heteroatoms. The van der Waals surface area contributed by atoms with E-state index in [1.165, 1.54) is 0 Å². The van der Waals surface area contributed by atoms with E-state index in [0.29, 0.717) is 16.3 Å². The Hall–Kier alpha value is -2.66. The molecular formula is C19H19ClN4O. The Balaban J connectivity index is 1.81. The van der Waals surface area contributed by atoms with E-state index in [4.69, 9.17) is 11.6 Å². The van der Waals surface area contributed by atoms with E-state index in [1.54, 1.807) is 24.3 Å². The second-order valence-electron chi connectivity index (χ2n) is 5.76. The number of carbonyl (C=O) groups is 1. The zero-order valence-electron chi connectivity index (χ0n) is 14.4. The first kappa shape index (κ1) is 17.2. The number of benzene rings is 2. The molecule has 0 atom stereocenters. The highest BCUT2D eigenvalue weighted by molar-refractivity contribution is 6.31. The zero-order chi connectivity index (χ0) is 18.0. The van der Waals surface area contributed by atoms with Crippen LogP contribution in [0.3, 0.4) is 0 Å². The summed E-state index contributed by atoms with van der Waals surface area (Å²) >= 11 is 5.98. The fourth-order valence-corrected chi connectivity index (χ4v) is 2.96. The molecule has 0 saturated heterocycles. The van der Waals surface area contributed by atoms with Gasteiger partial charge >= 0.3 is 0 Å². The Kier molecular flexibility index (Phi) is 4.86. The third-order valence-corrected chi connectivity index (χ3v) is 4.32. The van der Waals surface area contributed by atoms with Gasteiger partial charge in [0.15, 0.2) is 0 Å². The summed E-state index contributed by atoms with van der Waals surface area (Å²) in [6.45, 7) is 6.70. The van der Waals surface area contributed by atoms with Crippen LogP contribution in [0.1, 0.15) is 35.6 Å². The lowest BCUT2D eigenvalue weighted by atomic mass is 10.1. The van der Waals surface area contributed by atoms with Crippen LogP contribution in [0.25, 0.3) is 11.0 Å². The van der Waals surface area contributed by atoms with Crippen molar-refractivity contribution >= 4 is 34.3 Å². The van der Waals surface area contributed by atoms with Crippen molar-refractivity contribution in [2.45, 2.75) is 27.3 Å². The largest absolute Gasteiger partial charge is 0.329 e. The van der Waals surface area contributed by atoms with Gasteiger partial charge in [0, 0.05) is 17.1 Å². The first-order valence-electron chi connectivity index (χ1n) is 8.07. The first-order chi connectivity index (χ1) is 12.0. The summed E-state index contributed by atoms with van der Waals surface area (Å²) in [5.74, 6) is 0.664. The number of fused-ring (bicyclic) bond motifs is 1. The number of nitrogens with zero attached hydrogens (tertiary/aromatic N) is 3. The lowest BCUT2D eigenvalue weighted by Gasteiger charge is -2.05. The molecule has 0 spiro atoms. The summed E-state index contributed by atoms with van der Waals surface area (Å²) < 4.78 is 2.11. The van der Waals surface area contributed by atoms with Gasteiger partial charge in [-0.05, 0) is 56.7 Å². The van der Waals surface area contributed by atoms with Gasteiger partial charge < -0.3 is 4.57 Å². The summed E-state index contributed by atoms with van der Waals surface area (Å²) in [6.07, 6.45) is 0. The lowest BCUT2D eigenvalue weighted by Crippen LogP contribution is -2.19. The molecule has 1 aromatic heterocycles. The van der Waals surface area contributed by atoms with E-state index in [0.717, 1.165) is 29.0 Å². The first-order valence-corrected chi connectivity index (χ1v) is 8.45. The maximum absolute atomic E-state index is 12.4. The Bertz CT molecular complexity index is 975. The topological polar surface area (TPSA) is 59.3 Å². The van der Waals surface area contributed by atoms with Crippen molar-refractivity contribution in [3.8, 4) is 0 Å². The molecule has 25 heavy (non-hydrogen) atoms. The SMILES string of the molecule is CCn1c(C)nc2cc(C(=O)N/N=C(/C)c3cccc(Cl)c3)ccc21. The number of imidazole rings is 1. The minimum atomic E-state index is -0.271. The van der Waals surface area contributed by atoms with Crippen molar-refractivity contribution in [1.29, 1.82) is 0 Å². The van der Waals surface area contributed by atoms with E-state index in [9.17, 15) is 4.79 Å². The molecule has 1 heterocycles. The monoisotopic (exact) mass is 354 g/mol. The molecule has 0 aliphatic carbocycles. The molecule has 0 bridgehead atoms. The minimum Gasteiger partial charge on any atom is -0.329 e. The Morgan fingerprint density at radius 3 is 2.76 bits per heavy atom. The van der Waals surface area contributed by atoms with Gasteiger partial charge in [0.1, 0.15) is 5.82 Å². The maximum Gasteiger partial charge on any atom is 0.271 e. The van der Waals surface area contributed by atoms with Gasteiger partial charge in [0.05, 0.1) is 16.7 Å². The second-order valence-corrected chi connectivity index (χ2v) is 6.19. The summed E-state index contributed by atoms with van der Waals surface area (Å²) in [4.78, 5) is 16.9. The molecule has 1 N–H and O–H groups in total. The maximum atomic E-state index is 12.4. The van der Waals surface area contributed by atoms with Gasteiger partial charge in [0.2, 0.25) is 0 Å². The van der Waals surface area contributed by atoms with Crippen molar-refractivity contribution in [3.05, 3.63) is 64.4 Å². The van der Waals surface area contributed by atoms with Crippen LogP contribution in [0.5, 0.6) is 0 Å². The predicted octanol–water partition coefficient (Wildman–Crippen LogP) is 4.17. The van der Waals surface area contributed by atoms with E-state index < -0.39 is 0 Å². The van der Waals surface area contributed by atoms with E-state index in [1.807, 2.05) is 32.0 Å². The number of hydrogen-bond donors (Lipinski definition) is 1. The molecule has 0 unspecified atom stereocenters. The number of hydrazone groups is 1. The van der Waals surface area contributed by atoms with Crippen LogP contribution in [-0.2, 0) is 6.54 Å². The average Bonchev–Trinajstić information content (AvgIpc) is 2.93. The predicted molar refractivity (Wildman–Crippen MR) is 101 cm³/mol. The number of carbonyl (C=O) groups excluding carboxylic acids is 1. The molecule has 3 aromatic rings. The van der Waals surface area contributed by atoms with Crippen molar-refractivity contribution in [2.24, 2.45) is 5.10 Å². The van der Waals surface area contributed by atoms with Crippen molar-refractivity contribution in [1.82, 2.24) is 15.0 Å². The quantitative estimate of drug-likeness (QED) is 0.564. The molecule has 128 valence electrons. The zero-order valence-corrected chi connectivity index (χ0v) is 15.1. The fraction of sp³-hybridized carbons (Fsp3) is 0.211. The molecule has 2 aromatic carbocycles. The molecule has 0 saturated carbocycles. The number of halogens is 1. The summed E-state index contributed by atoms with van der Waals surface area (Å²) in [6, 6.07) is 12.8.